The molecule has 0 aliphatic carbocycles. The molecule has 0 fully saturated rings. The van der Waals surface area contributed by atoms with Crippen LogP contribution in [-0.2, 0) is 6.42 Å². The van der Waals surface area contributed by atoms with Gasteiger partial charge in [0.2, 0.25) is 5.88 Å². The zero-order valence-corrected chi connectivity index (χ0v) is 14.9. The Kier molecular flexibility index (Phi) is 5.71. The normalized spacial score (nSPS) is 12.3. The molecule has 0 amide bonds. The summed E-state index contributed by atoms with van der Waals surface area (Å²) in [6.45, 7) is 7.37. The SMILES string of the molecule is CCc1ccc(N=Nc2c(C)c(C#N)c(O)n(C(C)CC)c2=O)cc1. The van der Waals surface area contributed by atoms with E-state index in [1.54, 1.807) is 6.92 Å². The Morgan fingerprint density at radius 2 is 1.88 bits per heavy atom. The molecule has 6 heteroatoms. The lowest BCUT2D eigenvalue weighted by atomic mass is 10.1. The van der Waals surface area contributed by atoms with E-state index in [0.29, 0.717) is 17.7 Å². The molecule has 1 atom stereocenters. The molecule has 130 valence electrons. The third-order valence-corrected chi connectivity index (χ3v) is 4.36. The Hall–Kier alpha value is -2.94. The first kappa shape index (κ1) is 18.4. The summed E-state index contributed by atoms with van der Waals surface area (Å²) in [6.07, 6.45) is 1.57. The largest absolute Gasteiger partial charge is 0.493 e. The lowest BCUT2D eigenvalue weighted by Crippen LogP contribution is -2.24. The van der Waals surface area contributed by atoms with Crippen molar-refractivity contribution < 1.29 is 5.11 Å². The average molecular weight is 338 g/mol. The molecule has 1 aromatic heterocycles. The Morgan fingerprint density at radius 3 is 2.40 bits per heavy atom. The molecule has 25 heavy (non-hydrogen) atoms. The van der Waals surface area contributed by atoms with E-state index in [4.69, 9.17) is 0 Å². The monoisotopic (exact) mass is 338 g/mol. The van der Waals surface area contributed by atoms with Gasteiger partial charge in [-0.1, -0.05) is 26.0 Å². The number of pyridine rings is 1. The molecule has 0 aliphatic heterocycles. The minimum Gasteiger partial charge on any atom is -0.493 e. The van der Waals surface area contributed by atoms with E-state index >= 15 is 0 Å². The quantitative estimate of drug-likeness (QED) is 0.802. The Labute approximate surface area is 147 Å². The van der Waals surface area contributed by atoms with Gasteiger partial charge in [0.15, 0.2) is 5.69 Å². The molecule has 1 heterocycles. The third-order valence-electron chi connectivity index (χ3n) is 4.36. The van der Waals surface area contributed by atoms with Crippen LogP contribution in [-0.4, -0.2) is 9.67 Å². The first-order valence-corrected chi connectivity index (χ1v) is 8.33. The third kappa shape index (κ3) is 3.61. The molecular weight excluding hydrogens is 316 g/mol. The molecule has 0 bridgehead atoms. The number of azo groups is 1. The zero-order chi connectivity index (χ0) is 18.6. The van der Waals surface area contributed by atoms with Crippen LogP contribution in [0.3, 0.4) is 0 Å². The minimum atomic E-state index is -0.447. The van der Waals surface area contributed by atoms with Gasteiger partial charge in [0.25, 0.3) is 5.56 Å². The number of hydrogen-bond donors (Lipinski definition) is 1. The molecule has 1 aromatic carbocycles. The molecule has 2 rings (SSSR count). The fourth-order valence-electron chi connectivity index (χ4n) is 2.53. The number of rotatable bonds is 5. The van der Waals surface area contributed by atoms with Crippen LogP contribution in [0.1, 0.15) is 49.9 Å². The van der Waals surface area contributed by atoms with Gasteiger partial charge in [-0.15, -0.1) is 5.11 Å². The zero-order valence-electron chi connectivity index (χ0n) is 14.9. The van der Waals surface area contributed by atoms with Gasteiger partial charge in [-0.25, -0.2) is 0 Å². The van der Waals surface area contributed by atoms with Crippen molar-refractivity contribution in [2.24, 2.45) is 10.2 Å². The molecule has 2 aromatic rings. The number of hydrogen-bond acceptors (Lipinski definition) is 5. The first-order valence-electron chi connectivity index (χ1n) is 8.33. The van der Waals surface area contributed by atoms with Crippen LogP contribution in [0.2, 0.25) is 0 Å². The van der Waals surface area contributed by atoms with Crippen molar-refractivity contribution in [3.8, 4) is 11.9 Å². The van der Waals surface area contributed by atoms with Gasteiger partial charge in [-0.3, -0.25) is 9.36 Å². The number of nitriles is 1. The molecule has 0 radical (unpaired) electrons. The predicted molar refractivity (Wildman–Crippen MR) is 96.8 cm³/mol. The highest BCUT2D eigenvalue weighted by molar-refractivity contribution is 5.57. The van der Waals surface area contributed by atoms with Gasteiger partial charge in [-0.2, -0.15) is 10.4 Å². The summed E-state index contributed by atoms with van der Waals surface area (Å²) in [6, 6.07) is 9.27. The topological polar surface area (TPSA) is 90.7 Å². The second-order valence-corrected chi connectivity index (χ2v) is 5.94. The fourth-order valence-corrected chi connectivity index (χ4v) is 2.53. The summed E-state index contributed by atoms with van der Waals surface area (Å²) in [4.78, 5) is 12.7. The molecule has 6 nitrogen and oxygen atoms in total. The highest BCUT2D eigenvalue weighted by Gasteiger charge is 2.21. The van der Waals surface area contributed by atoms with Gasteiger partial charge >= 0.3 is 0 Å². The fraction of sp³-hybridized carbons (Fsp3) is 0.368. The molecule has 0 saturated carbocycles. The summed E-state index contributed by atoms with van der Waals surface area (Å²) in [7, 11) is 0. The number of aryl methyl sites for hydroxylation is 1. The standard InChI is InChI=1S/C19H22N4O2/c1-5-12(3)23-18(24)16(11-20)13(4)17(19(23)25)22-21-15-9-7-14(6-2)8-10-15/h7-10,12,24H,5-6H2,1-4H3. The number of benzene rings is 1. The van der Waals surface area contributed by atoms with Crippen molar-refractivity contribution in [3.05, 3.63) is 51.3 Å². The van der Waals surface area contributed by atoms with Crippen molar-refractivity contribution in [1.29, 1.82) is 5.26 Å². The van der Waals surface area contributed by atoms with Gasteiger partial charge < -0.3 is 5.11 Å². The van der Waals surface area contributed by atoms with E-state index in [1.807, 2.05) is 44.2 Å². The van der Waals surface area contributed by atoms with E-state index in [9.17, 15) is 15.2 Å². The second-order valence-electron chi connectivity index (χ2n) is 5.94. The van der Waals surface area contributed by atoms with Gasteiger partial charge in [0, 0.05) is 11.6 Å². The Balaban J connectivity index is 2.58. The molecule has 0 saturated heterocycles. The van der Waals surface area contributed by atoms with Crippen LogP contribution in [0.15, 0.2) is 39.3 Å². The Bertz CT molecular complexity index is 890. The molecule has 0 aliphatic rings. The first-order chi connectivity index (χ1) is 11.9. The van der Waals surface area contributed by atoms with E-state index in [2.05, 4.69) is 17.2 Å². The van der Waals surface area contributed by atoms with Crippen molar-refractivity contribution >= 4 is 11.4 Å². The van der Waals surface area contributed by atoms with Gasteiger partial charge in [-0.05, 0) is 44.4 Å². The van der Waals surface area contributed by atoms with Crippen LogP contribution in [0.4, 0.5) is 11.4 Å². The maximum absolute atomic E-state index is 12.7. The highest BCUT2D eigenvalue weighted by Crippen LogP contribution is 2.29. The predicted octanol–water partition coefficient (Wildman–Crippen LogP) is 4.68. The summed E-state index contributed by atoms with van der Waals surface area (Å²) >= 11 is 0. The molecular formula is C19H22N4O2. The number of nitrogens with zero attached hydrogens (tertiary/aromatic N) is 4. The lowest BCUT2D eigenvalue weighted by molar-refractivity contribution is 0.372. The van der Waals surface area contributed by atoms with E-state index in [-0.39, 0.29) is 23.2 Å². The van der Waals surface area contributed by atoms with Crippen LogP contribution in [0.5, 0.6) is 5.88 Å². The van der Waals surface area contributed by atoms with Crippen molar-refractivity contribution in [1.82, 2.24) is 4.57 Å². The van der Waals surface area contributed by atoms with E-state index in [1.165, 1.54) is 10.1 Å². The summed E-state index contributed by atoms with van der Waals surface area (Å²) in [5, 5.41) is 27.8. The van der Waals surface area contributed by atoms with E-state index < -0.39 is 5.56 Å². The second kappa shape index (κ2) is 7.75. The van der Waals surface area contributed by atoms with Crippen LogP contribution >= 0.6 is 0 Å². The molecule has 0 spiro atoms. The van der Waals surface area contributed by atoms with Crippen molar-refractivity contribution in [3.63, 3.8) is 0 Å². The van der Waals surface area contributed by atoms with Crippen LogP contribution < -0.4 is 5.56 Å². The van der Waals surface area contributed by atoms with Crippen molar-refractivity contribution in [2.75, 3.05) is 0 Å². The Morgan fingerprint density at radius 1 is 1.24 bits per heavy atom. The molecule has 1 N–H and O–H groups in total. The smallest absolute Gasteiger partial charge is 0.281 e. The summed E-state index contributed by atoms with van der Waals surface area (Å²) in [5.74, 6) is -0.314. The van der Waals surface area contributed by atoms with Gasteiger partial charge in [0.1, 0.15) is 11.6 Å². The number of aromatic nitrogens is 1. The maximum Gasteiger partial charge on any atom is 0.281 e. The molecule has 1 unspecified atom stereocenters. The van der Waals surface area contributed by atoms with Crippen LogP contribution in [0.25, 0.3) is 0 Å². The minimum absolute atomic E-state index is 0.0511. The number of aromatic hydroxyl groups is 1. The van der Waals surface area contributed by atoms with Crippen molar-refractivity contribution in [2.45, 2.75) is 46.6 Å². The summed E-state index contributed by atoms with van der Waals surface area (Å²) < 4.78 is 1.21. The summed E-state index contributed by atoms with van der Waals surface area (Å²) in [5.41, 5.74) is 1.82. The maximum atomic E-state index is 12.7. The van der Waals surface area contributed by atoms with Gasteiger partial charge in [0.05, 0.1) is 5.69 Å². The highest BCUT2D eigenvalue weighted by atomic mass is 16.3. The van der Waals surface area contributed by atoms with Crippen LogP contribution in [0, 0.1) is 18.3 Å². The average Bonchev–Trinajstić information content (AvgIpc) is 2.62. The lowest BCUT2D eigenvalue weighted by Gasteiger charge is -2.17. The van der Waals surface area contributed by atoms with E-state index in [0.717, 1.165) is 6.42 Å².